The lowest BCUT2D eigenvalue weighted by Gasteiger charge is -2.48. The minimum Gasteiger partial charge on any atom is -0.509 e. The Hall–Kier alpha value is -1.84. The van der Waals surface area contributed by atoms with Crippen molar-refractivity contribution in [2.75, 3.05) is 11.5 Å². The highest BCUT2D eigenvalue weighted by Crippen LogP contribution is 2.39. The fourth-order valence-corrected chi connectivity index (χ4v) is 4.53. The number of thioether (sulfide) groups is 2. The fourth-order valence-electron chi connectivity index (χ4n) is 2.50. The fraction of sp³-hybridized carbons (Fsp3) is 0.267. The molecule has 0 aliphatic carbocycles. The zero-order valence-electron chi connectivity index (χ0n) is 12.6. The molecule has 2 heterocycles. The van der Waals surface area contributed by atoms with Crippen LogP contribution in [-0.4, -0.2) is 55.8 Å². The molecule has 1 aromatic rings. The van der Waals surface area contributed by atoms with Gasteiger partial charge in [0.25, 0.3) is 5.91 Å². The number of carboxylic acids is 1. The summed E-state index contributed by atoms with van der Waals surface area (Å²) in [6.45, 7) is 0. The van der Waals surface area contributed by atoms with Gasteiger partial charge in [-0.2, -0.15) is 0 Å². The van der Waals surface area contributed by atoms with Crippen LogP contribution in [0.2, 0.25) is 5.02 Å². The molecule has 0 radical (unpaired) electrons. The van der Waals surface area contributed by atoms with E-state index in [1.165, 1.54) is 23.5 Å². The van der Waals surface area contributed by atoms with Crippen molar-refractivity contribution >= 4 is 52.9 Å². The molecule has 0 bridgehead atoms. The first-order valence-electron chi connectivity index (χ1n) is 7.16. The quantitative estimate of drug-likeness (QED) is 0.510. The number of nitrogens with one attached hydrogen (secondary N) is 1. The minimum atomic E-state index is -1.36. The molecule has 2 atom stereocenters. The van der Waals surface area contributed by atoms with Gasteiger partial charge in [-0.15, -0.1) is 23.5 Å². The number of carboxylic acid groups (broad SMARTS) is 1. The molecule has 0 saturated carbocycles. The number of halogens is 1. The number of benzene rings is 1. The topological polar surface area (TPSA) is 107 Å². The lowest BCUT2D eigenvalue weighted by Crippen LogP contribution is -2.70. The van der Waals surface area contributed by atoms with Crippen molar-refractivity contribution in [2.45, 2.75) is 16.3 Å². The molecule has 1 unspecified atom stereocenters. The van der Waals surface area contributed by atoms with E-state index in [1.54, 1.807) is 24.3 Å². The Labute approximate surface area is 156 Å². The summed E-state index contributed by atoms with van der Waals surface area (Å²) in [7, 11) is 0. The maximum absolute atomic E-state index is 12.2. The summed E-state index contributed by atoms with van der Waals surface area (Å²) in [5.74, 6) is -2.36. The van der Waals surface area contributed by atoms with E-state index in [4.69, 9.17) is 16.7 Å². The number of β-lactam (4-membered cyclic amide) rings is 1. The number of fused-ring (bicyclic) bond motifs is 1. The summed E-state index contributed by atoms with van der Waals surface area (Å²) in [5, 5.41) is 21.5. The molecule has 1 saturated heterocycles. The van der Waals surface area contributed by atoms with Gasteiger partial charge in [-0.3, -0.25) is 14.5 Å². The molecular formula is C15H13ClN2O5S2. The largest absolute Gasteiger partial charge is 0.509 e. The monoisotopic (exact) mass is 400 g/mol. The molecule has 3 N–H and O–H groups in total. The molecule has 1 aromatic carbocycles. The lowest BCUT2D eigenvalue weighted by atomic mass is 10.0. The van der Waals surface area contributed by atoms with Gasteiger partial charge in [-0.05, 0) is 24.3 Å². The van der Waals surface area contributed by atoms with E-state index in [1.807, 2.05) is 0 Å². The van der Waals surface area contributed by atoms with E-state index >= 15 is 0 Å². The molecule has 0 aromatic heterocycles. The summed E-state index contributed by atoms with van der Waals surface area (Å²) in [6.07, 6.45) is 0. The van der Waals surface area contributed by atoms with Gasteiger partial charge < -0.3 is 15.5 Å². The van der Waals surface area contributed by atoms with Gasteiger partial charge >= 0.3 is 5.97 Å². The highest BCUT2D eigenvalue weighted by molar-refractivity contribution is 8.00. The second-order valence-electron chi connectivity index (χ2n) is 5.30. The maximum atomic E-state index is 12.2. The smallest absolute Gasteiger partial charge is 0.356 e. The molecule has 2 amide bonds. The molecule has 3 rings (SSSR count). The Balaban J connectivity index is 1.58. The number of nitrogens with zero attached hydrogens (tertiary/aromatic N) is 1. The molecule has 132 valence electrons. The molecule has 1 fully saturated rings. The average Bonchev–Trinajstić information content (AvgIpc) is 2.58. The van der Waals surface area contributed by atoms with Crippen LogP contribution in [0.3, 0.4) is 0 Å². The summed E-state index contributed by atoms with van der Waals surface area (Å²) >= 11 is 8.31. The molecule has 2 aliphatic heterocycles. The van der Waals surface area contributed by atoms with Crippen molar-refractivity contribution in [3.05, 3.63) is 40.7 Å². The molecule has 7 nitrogen and oxygen atoms in total. The van der Waals surface area contributed by atoms with E-state index < -0.39 is 29.0 Å². The Kier molecular flexibility index (Phi) is 5.16. The Morgan fingerprint density at radius 1 is 1.36 bits per heavy atom. The average molecular weight is 401 g/mol. The predicted octanol–water partition coefficient (Wildman–Crippen LogP) is 1.69. The molecule has 0 spiro atoms. The zero-order chi connectivity index (χ0) is 18.1. The number of hydrogen-bond acceptors (Lipinski definition) is 6. The number of aliphatic hydroxyl groups excluding tert-OH is 1. The molecule has 2 aliphatic rings. The number of aliphatic carboxylic acids is 1. The Morgan fingerprint density at radius 3 is 2.68 bits per heavy atom. The summed E-state index contributed by atoms with van der Waals surface area (Å²) < 4.78 is 0. The van der Waals surface area contributed by atoms with Crippen LogP contribution < -0.4 is 5.32 Å². The van der Waals surface area contributed by atoms with Gasteiger partial charge in [0, 0.05) is 9.92 Å². The second-order valence-corrected chi connectivity index (χ2v) is 7.89. The summed E-state index contributed by atoms with van der Waals surface area (Å²) in [5.41, 5.74) is -0.408. The second kappa shape index (κ2) is 7.19. The highest BCUT2D eigenvalue weighted by Gasteiger charge is 2.54. The predicted molar refractivity (Wildman–Crippen MR) is 94.5 cm³/mol. The van der Waals surface area contributed by atoms with Gasteiger partial charge in [-0.1, -0.05) is 11.6 Å². The van der Waals surface area contributed by atoms with Gasteiger partial charge in [0.05, 0.1) is 11.5 Å². The van der Waals surface area contributed by atoms with Crippen LogP contribution in [-0.2, 0) is 14.4 Å². The third-order valence-corrected chi connectivity index (χ3v) is 6.18. The third kappa shape index (κ3) is 3.58. The van der Waals surface area contributed by atoms with Crippen molar-refractivity contribution in [3.63, 3.8) is 0 Å². The van der Waals surface area contributed by atoms with E-state index in [0.29, 0.717) is 5.02 Å². The number of carbonyl (C=O) groups excluding carboxylic acids is 2. The van der Waals surface area contributed by atoms with Crippen molar-refractivity contribution in [2.24, 2.45) is 0 Å². The third-order valence-electron chi connectivity index (χ3n) is 3.65. The Bertz CT molecular complexity index is 768. The first-order chi connectivity index (χ1) is 11.9. The summed E-state index contributed by atoms with van der Waals surface area (Å²) in [6, 6.07) is 6.24. The molecule has 25 heavy (non-hydrogen) atoms. The standard InChI is InChI=1S/C15H13ClN2O5S2/c16-7-1-3-8(4-2-7)24-6-10(20)17-11-13(21)18-12(15(22)23)9(19)5-25-14(11)18/h1-4,11,14,19H,5-6H2,(H,17,20)(H,22,23)/t11?,14-/m1/s1. The van der Waals surface area contributed by atoms with Gasteiger partial charge in [-0.25, -0.2) is 4.79 Å². The van der Waals surface area contributed by atoms with E-state index in [9.17, 15) is 19.5 Å². The van der Waals surface area contributed by atoms with Crippen LogP contribution in [0.5, 0.6) is 0 Å². The first kappa shape index (κ1) is 18.0. The maximum Gasteiger partial charge on any atom is 0.356 e. The van der Waals surface area contributed by atoms with Gasteiger partial charge in [0.2, 0.25) is 5.91 Å². The van der Waals surface area contributed by atoms with Gasteiger partial charge in [0.15, 0.2) is 5.70 Å². The van der Waals surface area contributed by atoms with Crippen LogP contribution in [0.1, 0.15) is 0 Å². The normalized spacial score (nSPS) is 22.3. The SMILES string of the molecule is O=C(CSc1ccc(Cl)cc1)NC1C(=O)N2C(C(=O)O)=C(O)CS[C@H]12. The number of amides is 2. The van der Waals surface area contributed by atoms with Crippen LogP contribution in [0.25, 0.3) is 0 Å². The number of rotatable bonds is 5. The number of aliphatic hydroxyl groups is 1. The van der Waals surface area contributed by atoms with Crippen molar-refractivity contribution in [3.8, 4) is 0 Å². The van der Waals surface area contributed by atoms with Crippen molar-refractivity contribution in [1.82, 2.24) is 10.2 Å². The van der Waals surface area contributed by atoms with Crippen LogP contribution in [0, 0.1) is 0 Å². The first-order valence-corrected chi connectivity index (χ1v) is 9.57. The Morgan fingerprint density at radius 2 is 2.04 bits per heavy atom. The number of hydrogen-bond donors (Lipinski definition) is 3. The van der Waals surface area contributed by atoms with Crippen LogP contribution in [0.4, 0.5) is 0 Å². The summed E-state index contributed by atoms with van der Waals surface area (Å²) in [4.78, 5) is 37.3. The van der Waals surface area contributed by atoms with Gasteiger partial charge in [0.1, 0.15) is 17.2 Å². The molecule has 10 heteroatoms. The van der Waals surface area contributed by atoms with Crippen LogP contribution >= 0.6 is 35.1 Å². The van der Waals surface area contributed by atoms with E-state index in [0.717, 1.165) is 9.80 Å². The van der Waals surface area contributed by atoms with E-state index in [-0.39, 0.29) is 23.2 Å². The molecular weight excluding hydrogens is 388 g/mol. The van der Waals surface area contributed by atoms with Crippen molar-refractivity contribution < 1.29 is 24.6 Å². The highest BCUT2D eigenvalue weighted by atomic mass is 35.5. The van der Waals surface area contributed by atoms with Crippen molar-refractivity contribution in [1.29, 1.82) is 0 Å². The minimum absolute atomic E-state index is 0.0853. The van der Waals surface area contributed by atoms with E-state index in [2.05, 4.69) is 5.32 Å². The zero-order valence-corrected chi connectivity index (χ0v) is 15.0. The van der Waals surface area contributed by atoms with Crippen LogP contribution in [0.15, 0.2) is 40.6 Å². The lowest BCUT2D eigenvalue weighted by molar-refractivity contribution is -0.150. The number of carbonyl (C=O) groups is 3.